The van der Waals surface area contributed by atoms with E-state index in [2.05, 4.69) is 10.9 Å². The Labute approximate surface area is 168 Å². The number of rotatable bonds is 5. The first-order chi connectivity index (χ1) is 13.0. The first kappa shape index (κ1) is 21.7. The van der Waals surface area contributed by atoms with E-state index >= 15 is 0 Å². The third-order valence-corrected chi connectivity index (χ3v) is 6.11. The number of sulfonamides is 1. The number of aromatic hydroxyl groups is 1. The normalized spacial score (nSPS) is 11.3. The molecule has 0 aromatic heterocycles. The first-order valence-electron chi connectivity index (χ1n) is 8.13. The highest BCUT2D eigenvalue weighted by Gasteiger charge is 2.23. The summed E-state index contributed by atoms with van der Waals surface area (Å²) < 4.78 is 26.0. The third kappa shape index (κ3) is 5.00. The van der Waals surface area contributed by atoms with E-state index in [1.807, 2.05) is 6.92 Å². The lowest BCUT2D eigenvalue weighted by Gasteiger charge is -2.18. The molecular weight excluding hydrogens is 406 g/mol. The lowest BCUT2D eigenvalue weighted by molar-refractivity contribution is -0.121. The highest BCUT2D eigenvalue weighted by Crippen LogP contribution is 2.21. The molecule has 3 N–H and O–H groups in total. The van der Waals surface area contributed by atoms with Crippen LogP contribution in [0.5, 0.6) is 5.75 Å². The van der Waals surface area contributed by atoms with Crippen LogP contribution in [0.15, 0.2) is 41.3 Å². The number of carbonyl (C=O) groups is 2. The van der Waals surface area contributed by atoms with Gasteiger partial charge in [0.2, 0.25) is 10.0 Å². The Hall–Kier alpha value is -2.62. The van der Waals surface area contributed by atoms with Gasteiger partial charge < -0.3 is 5.11 Å². The van der Waals surface area contributed by atoms with Crippen LogP contribution in [0.1, 0.15) is 21.5 Å². The van der Waals surface area contributed by atoms with Crippen LogP contribution in [0.4, 0.5) is 0 Å². The van der Waals surface area contributed by atoms with Crippen molar-refractivity contribution in [3.8, 4) is 5.75 Å². The van der Waals surface area contributed by atoms with E-state index in [4.69, 9.17) is 11.6 Å². The van der Waals surface area contributed by atoms with Gasteiger partial charge in [-0.15, -0.1) is 0 Å². The minimum atomic E-state index is -3.87. The zero-order valence-electron chi connectivity index (χ0n) is 15.5. The second-order valence-corrected chi connectivity index (χ2v) is 8.65. The Morgan fingerprint density at radius 3 is 2.39 bits per heavy atom. The smallest absolute Gasteiger partial charge is 0.273 e. The van der Waals surface area contributed by atoms with E-state index in [9.17, 15) is 23.1 Å². The number of hydrazine groups is 1. The number of aryl methyl sites for hydroxylation is 2. The molecule has 2 aromatic rings. The van der Waals surface area contributed by atoms with Crippen molar-refractivity contribution >= 4 is 33.4 Å². The summed E-state index contributed by atoms with van der Waals surface area (Å²) in [7, 11) is -2.62. The molecule has 0 aliphatic rings. The van der Waals surface area contributed by atoms with Crippen LogP contribution in [0.3, 0.4) is 0 Å². The summed E-state index contributed by atoms with van der Waals surface area (Å²) in [6.45, 7) is 3.14. The van der Waals surface area contributed by atoms with E-state index in [-0.39, 0.29) is 21.2 Å². The highest BCUT2D eigenvalue weighted by molar-refractivity contribution is 7.89. The summed E-state index contributed by atoms with van der Waals surface area (Å²) in [5, 5.41) is 9.90. The quantitative estimate of drug-likeness (QED) is 0.631. The predicted molar refractivity (Wildman–Crippen MR) is 104 cm³/mol. The monoisotopic (exact) mass is 425 g/mol. The number of nitrogens with one attached hydrogen (secondary N) is 2. The Kier molecular flexibility index (Phi) is 6.65. The average molecular weight is 426 g/mol. The summed E-state index contributed by atoms with van der Waals surface area (Å²) in [6.07, 6.45) is 0. The van der Waals surface area contributed by atoms with Gasteiger partial charge in [0.15, 0.2) is 0 Å². The van der Waals surface area contributed by atoms with Crippen molar-refractivity contribution in [3.05, 3.63) is 58.1 Å². The standard InChI is InChI=1S/C18H20ClN3O5S/c1-11-4-6-14(8-12(11)2)28(26,27)22(3)10-17(24)20-21-18(25)15-9-13(19)5-7-16(15)23/h4-9,23H,10H2,1-3H3,(H,20,24)(H,21,25). The number of likely N-dealkylation sites (N-methyl/N-ethyl adjacent to an activating group) is 1. The van der Waals surface area contributed by atoms with E-state index in [1.165, 1.54) is 37.4 Å². The van der Waals surface area contributed by atoms with Crippen molar-refractivity contribution < 1.29 is 23.1 Å². The fourth-order valence-corrected chi connectivity index (χ4v) is 3.65. The molecule has 0 spiro atoms. The molecule has 150 valence electrons. The second-order valence-electron chi connectivity index (χ2n) is 6.17. The molecule has 8 nitrogen and oxygen atoms in total. The number of phenols is 1. The van der Waals surface area contributed by atoms with Crippen molar-refractivity contribution in [1.82, 2.24) is 15.2 Å². The maximum atomic E-state index is 12.6. The van der Waals surface area contributed by atoms with Gasteiger partial charge in [-0.1, -0.05) is 17.7 Å². The Bertz CT molecular complexity index is 1020. The fraction of sp³-hybridized carbons (Fsp3) is 0.222. The largest absolute Gasteiger partial charge is 0.507 e. The van der Waals surface area contributed by atoms with Gasteiger partial charge in [0.1, 0.15) is 5.75 Å². The number of benzene rings is 2. The van der Waals surface area contributed by atoms with Crippen molar-refractivity contribution in [2.45, 2.75) is 18.7 Å². The van der Waals surface area contributed by atoms with Gasteiger partial charge in [-0.25, -0.2) is 8.42 Å². The van der Waals surface area contributed by atoms with Crippen LogP contribution in [0.25, 0.3) is 0 Å². The van der Waals surface area contributed by atoms with E-state index in [0.717, 1.165) is 15.4 Å². The lowest BCUT2D eigenvalue weighted by atomic mass is 10.1. The number of nitrogens with zero attached hydrogens (tertiary/aromatic N) is 1. The van der Waals surface area contributed by atoms with Crippen LogP contribution in [-0.4, -0.2) is 43.2 Å². The van der Waals surface area contributed by atoms with Crippen LogP contribution in [-0.2, 0) is 14.8 Å². The predicted octanol–water partition coefficient (Wildman–Crippen LogP) is 1.74. The number of hydrogen-bond acceptors (Lipinski definition) is 5. The molecule has 2 aromatic carbocycles. The number of halogens is 1. The molecule has 0 unspecified atom stereocenters. The number of carbonyl (C=O) groups excluding carboxylic acids is 2. The van der Waals surface area contributed by atoms with Crippen molar-refractivity contribution in [3.63, 3.8) is 0 Å². The highest BCUT2D eigenvalue weighted by atomic mass is 35.5. The zero-order valence-corrected chi connectivity index (χ0v) is 17.1. The van der Waals surface area contributed by atoms with Crippen LogP contribution >= 0.6 is 11.6 Å². The maximum Gasteiger partial charge on any atom is 0.273 e. The zero-order chi connectivity index (χ0) is 21.1. The molecule has 0 radical (unpaired) electrons. The van der Waals surface area contributed by atoms with Gasteiger partial charge in [0.25, 0.3) is 11.8 Å². The SMILES string of the molecule is Cc1ccc(S(=O)(=O)N(C)CC(=O)NNC(=O)c2cc(Cl)ccc2O)cc1C. The van der Waals surface area contributed by atoms with E-state index in [1.54, 1.807) is 13.0 Å². The van der Waals surface area contributed by atoms with Crippen LogP contribution < -0.4 is 10.9 Å². The van der Waals surface area contributed by atoms with Gasteiger partial charge >= 0.3 is 0 Å². The third-order valence-electron chi connectivity index (χ3n) is 4.07. The summed E-state index contributed by atoms with van der Waals surface area (Å²) in [6, 6.07) is 8.56. The molecule has 2 rings (SSSR count). The van der Waals surface area contributed by atoms with Crippen molar-refractivity contribution in [2.75, 3.05) is 13.6 Å². The topological polar surface area (TPSA) is 116 Å². The van der Waals surface area contributed by atoms with Crippen molar-refractivity contribution in [2.24, 2.45) is 0 Å². The minimum Gasteiger partial charge on any atom is -0.507 e. The molecule has 28 heavy (non-hydrogen) atoms. The minimum absolute atomic E-state index is 0.0683. The second kappa shape index (κ2) is 8.59. The summed E-state index contributed by atoms with van der Waals surface area (Å²) in [5.74, 6) is -1.87. The molecule has 10 heteroatoms. The van der Waals surface area contributed by atoms with Gasteiger partial charge in [0.05, 0.1) is 17.0 Å². The van der Waals surface area contributed by atoms with Crippen molar-refractivity contribution in [1.29, 1.82) is 0 Å². The Morgan fingerprint density at radius 2 is 1.75 bits per heavy atom. The van der Waals surface area contributed by atoms with Gasteiger partial charge in [-0.2, -0.15) is 4.31 Å². The molecule has 0 aliphatic heterocycles. The van der Waals surface area contributed by atoms with Gasteiger partial charge in [-0.05, 0) is 55.3 Å². The molecule has 2 amide bonds. The lowest BCUT2D eigenvalue weighted by Crippen LogP contribution is -2.46. The molecule has 0 atom stereocenters. The Morgan fingerprint density at radius 1 is 1.07 bits per heavy atom. The summed E-state index contributed by atoms with van der Waals surface area (Å²) in [5.41, 5.74) is 5.83. The van der Waals surface area contributed by atoms with Crippen LogP contribution in [0.2, 0.25) is 5.02 Å². The van der Waals surface area contributed by atoms with E-state index < -0.39 is 28.4 Å². The maximum absolute atomic E-state index is 12.6. The average Bonchev–Trinajstić information content (AvgIpc) is 2.63. The number of amides is 2. The summed E-state index contributed by atoms with van der Waals surface area (Å²) >= 11 is 5.77. The molecule has 0 bridgehead atoms. The molecule has 0 aliphatic carbocycles. The number of hydrogen-bond donors (Lipinski definition) is 3. The molecular formula is C18H20ClN3O5S. The molecule has 0 heterocycles. The summed E-state index contributed by atoms with van der Waals surface area (Å²) in [4.78, 5) is 24.1. The Balaban J connectivity index is 2.01. The fourth-order valence-electron chi connectivity index (χ4n) is 2.26. The first-order valence-corrected chi connectivity index (χ1v) is 9.95. The molecule has 0 fully saturated rings. The van der Waals surface area contributed by atoms with E-state index in [0.29, 0.717) is 0 Å². The number of phenolic OH excluding ortho intramolecular Hbond substituents is 1. The molecule has 0 saturated carbocycles. The van der Waals surface area contributed by atoms with Gasteiger partial charge in [0, 0.05) is 12.1 Å². The molecule has 0 saturated heterocycles. The van der Waals surface area contributed by atoms with Crippen LogP contribution in [0, 0.1) is 13.8 Å². The van der Waals surface area contributed by atoms with Gasteiger partial charge in [-0.3, -0.25) is 20.4 Å².